The molecule has 0 spiro atoms. The maximum absolute atomic E-state index is 12.4. The minimum atomic E-state index is -0.144. The predicted octanol–water partition coefficient (Wildman–Crippen LogP) is 5.38. The number of amides is 1. The fourth-order valence-corrected chi connectivity index (χ4v) is 4.19. The molecular weight excluding hydrogens is 410 g/mol. The molecule has 0 atom stereocenters. The highest BCUT2D eigenvalue weighted by molar-refractivity contribution is 7.21. The maximum atomic E-state index is 12.4. The average Bonchev–Trinajstić information content (AvgIpc) is 3.51. The number of hydrogen-bond donors (Lipinski definition) is 1. The molecule has 31 heavy (non-hydrogen) atoms. The molecule has 6 nitrogen and oxygen atoms in total. The topological polar surface area (TPSA) is 81.2 Å². The van der Waals surface area contributed by atoms with E-state index < -0.39 is 0 Å². The van der Waals surface area contributed by atoms with Gasteiger partial charge in [-0.25, -0.2) is 9.97 Å². The highest BCUT2D eigenvalue weighted by Crippen LogP contribution is 2.31. The second kappa shape index (κ2) is 8.20. The van der Waals surface area contributed by atoms with Crippen molar-refractivity contribution in [1.29, 1.82) is 0 Å². The molecule has 0 aliphatic rings. The molecule has 0 bridgehead atoms. The van der Waals surface area contributed by atoms with E-state index in [1.165, 1.54) is 0 Å². The smallest absolute Gasteiger partial charge is 0.226 e. The van der Waals surface area contributed by atoms with Crippen molar-refractivity contribution in [2.75, 3.05) is 0 Å². The minimum absolute atomic E-state index is 0.144. The van der Waals surface area contributed by atoms with E-state index >= 15 is 0 Å². The van der Waals surface area contributed by atoms with E-state index in [9.17, 15) is 4.79 Å². The number of nitrogens with one attached hydrogen (secondary N) is 1. The van der Waals surface area contributed by atoms with Crippen LogP contribution in [-0.2, 0) is 17.8 Å². The zero-order chi connectivity index (χ0) is 21.2. The lowest BCUT2D eigenvalue weighted by molar-refractivity contribution is -0.120. The number of para-hydroxylation sites is 1. The fourth-order valence-electron chi connectivity index (χ4n) is 3.26. The van der Waals surface area contributed by atoms with Crippen LogP contribution in [0, 0.1) is 6.92 Å². The normalized spacial score (nSPS) is 11.1. The number of aromatic nitrogens is 2. The molecule has 0 saturated carbocycles. The number of benzene rings is 2. The number of carbonyl (C=O) groups is 1. The molecule has 5 rings (SSSR count). The van der Waals surface area contributed by atoms with E-state index in [1.54, 1.807) is 11.3 Å². The Labute approximate surface area is 182 Å². The summed E-state index contributed by atoms with van der Waals surface area (Å²) in [5.41, 5.74) is 2.47. The van der Waals surface area contributed by atoms with Gasteiger partial charge in [-0.05, 0) is 43.3 Å². The Hall–Kier alpha value is -3.71. The molecule has 154 valence electrons. The van der Waals surface area contributed by atoms with E-state index in [0.29, 0.717) is 35.4 Å². The van der Waals surface area contributed by atoms with Crippen molar-refractivity contribution in [2.45, 2.75) is 19.9 Å². The molecule has 0 unspecified atom stereocenters. The van der Waals surface area contributed by atoms with Crippen molar-refractivity contribution in [3.63, 3.8) is 0 Å². The highest BCUT2D eigenvalue weighted by Gasteiger charge is 2.15. The lowest BCUT2D eigenvalue weighted by Gasteiger charge is -2.02. The molecule has 3 heterocycles. The standard InChI is InChI=1S/C24H19N3O3S/c1-15-19(26-23(29-15)16-7-3-2-4-8-16)13-22(28)25-14-17-11-12-20(30-17)24-27-18-9-5-6-10-21(18)31-24/h2-12H,13-14H2,1H3,(H,25,28). The van der Waals surface area contributed by atoms with Crippen LogP contribution in [0.1, 0.15) is 17.2 Å². The second-order valence-corrected chi connectivity index (χ2v) is 8.12. The third-order valence-corrected chi connectivity index (χ3v) is 5.92. The number of fused-ring (bicyclic) bond motifs is 1. The predicted molar refractivity (Wildman–Crippen MR) is 120 cm³/mol. The number of thiazole rings is 1. The first kappa shape index (κ1) is 19.3. The number of furan rings is 1. The van der Waals surface area contributed by atoms with Crippen LogP contribution in [0.5, 0.6) is 0 Å². The molecule has 2 aromatic carbocycles. The van der Waals surface area contributed by atoms with Gasteiger partial charge >= 0.3 is 0 Å². The van der Waals surface area contributed by atoms with Crippen LogP contribution < -0.4 is 5.32 Å². The SMILES string of the molecule is Cc1oc(-c2ccccc2)nc1CC(=O)NCc1ccc(-c2nc3ccccc3s2)o1. The van der Waals surface area contributed by atoms with Gasteiger partial charge in [0.05, 0.1) is 28.9 Å². The van der Waals surface area contributed by atoms with Gasteiger partial charge < -0.3 is 14.2 Å². The van der Waals surface area contributed by atoms with Crippen LogP contribution in [0.4, 0.5) is 0 Å². The summed E-state index contributed by atoms with van der Waals surface area (Å²) in [6.45, 7) is 2.12. The molecule has 0 aliphatic carbocycles. The van der Waals surface area contributed by atoms with Gasteiger partial charge in [-0.2, -0.15) is 0 Å². The Morgan fingerprint density at radius 3 is 2.61 bits per heavy atom. The summed E-state index contributed by atoms with van der Waals surface area (Å²) in [7, 11) is 0. The number of oxazole rings is 1. The Kier molecular flexibility index (Phi) is 5.09. The Morgan fingerprint density at radius 2 is 1.77 bits per heavy atom. The van der Waals surface area contributed by atoms with E-state index in [1.807, 2.05) is 73.7 Å². The molecule has 0 saturated heterocycles. The lowest BCUT2D eigenvalue weighted by atomic mass is 10.2. The minimum Gasteiger partial charge on any atom is -0.457 e. The first-order chi connectivity index (χ1) is 15.2. The molecule has 0 fully saturated rings. The monoisotopic (exact) mass is 429 g/mol. The summed E-state index contributed by atoms with van der Waals surface area (Å²) in [5.74, 6) is 2.39. The summed E-state index contributed by atoms with van der Waals surface area (Å²) >= 11 is 1.58. The molecule has 5 aromatic rings. The first-order valence-electron chi connectivity index (χ1n) is 9.89. The van der Waals surface area contributed by atoms with E-state index in [-0.39, 0.29) is 12.3 Å². The zero-order valence-corrected chi connectivity index (χ0v) is 17.6. The van der Waals surface area contributed by atoms with Crippen LogP contribution >= 0.6 is 11.3 Å². The first-order valence-corrected chi connectivity index (χ1v) is 10.7. The molecule has 0 radical (unpaired) electrons. The average molecular weight is 430 g/mol. The van der Waals surface area contributed by atoms with E-state index in [2.05, 4.69) is 15.3 Å². The van der Waals surface area contributed by atoms with Gasteiger partial charge in [0, 0.05) is 5.56 Å². The van der Waals surface area contributed by atoms with Gasteiger partial charge in [-0.1, -0.05) is 30.3 Å². The van der Waals surface area contributed by atoms with Gasteiger partial charge in [-0.3, -0.25) is 4.79 Å². The Balaban J connectivity index is 1.22. The van der Waals surface area contributed by atoms with Crippen molar-refractivity contribution in [3.8, 4) is 22.2 Å². The molecule has 1 amide bonds. The molecule has 7 heteroatoms. The molecule has 3 aromatic heterocycles. The quantitative estimate of drug-likeness (QED) is 0.392. The number of rotatable bonds is 6. The van der Waals surface area contributed by atoms with Crippen molar-refractivity contribution in [3.05, 3.63) is 83.9 Å². The molecule has 1 N–H and O–H groups in total. The maximum Gasteiger partial charge on any atom is 0.226 e. The summed E-state index contributed by atoms with van der Waals surface area (Å²) in [6, 6.07) is 21.4. The number of hydrogen-bond acceptors (Lipinski definition) is 6. The highest BCUT2D eigenvalue weighted by atomic mass is 32.1. The summed E-state index contributed by atoms with van der Waals surface area (Å²) in [4.78, 5) is 21.5. The van der Waals surface area contributed by atoms with Gasteiger partial charge in [0.25, 0.3) is 0 Å². The van der Waals surface area contributed by atoms with Crippen molar-refractivity contribution < 1.29 is 13.6 Å². The molecular formula is C24H19N3O3S. The third kappa shape index (κ3) is 4.13. The van der Waals surface area contributed by atoms with Crippen LogP contribution in [-0.4, -0.2) is 15.9 Å². The van der Waals surface area contributed by atoms with E-state index in [4.69, 9.17) is 8.83 Å². The van der Waals surface area contributed by atoms with Gasteiger partial charge in [-0.15, -0.1) is 11.3 Å². The number of aryl methyl sites for hydroxylation is 1. The largest absolute Gasteiger partial charge is 0.457 e. The second-order valence-electron chi connectivity index (χ2n) is 7.09. The van der Waals surface area contributed by atoms with Crippen LogP contribution in [0.25, 0.3) is 32.4 Å². The zero-order valence-electron chi connectivity index (χ0n) is 16.8. The van der Waals surface area contributed by atoms with Gasteiger partial charge in [0.15, 0.2) is 10.8 Å². The van der Waals surface area contributed by atoms with Crippen molar-refractivity contribution in [1.82, 2.24) is 15.3 Å². The fraction of sp³-hybridized carbons (Fsp3) is 0.125. The Morgan fingerprint density at radius 1 is 0.968 bits per heavy atom. The number of nitrogens with zero attached hydrogens (tertiary/aromatic N) is 2. The van der Waals surface area contributed by atoms with Crippen LogP contribution in [0.2, 0.25) is 0 Å². The van der Waals surface area contributed by atoms with Crippen LogP contribution in [0.15, 0.2) is 75.6 Å². The Bertz CT molecular complexity index is 1320. The lowest BCUT2D eigenvalue weighted by Crippen LogP contribution is -2.24. The van der Waals surface area contributed by atoms with Crippen molar-refractivity contribution >= 4 is 27.5 Å². The summed E-state index contributed by atoms with van der Waals surface area (Å²) in [6.07, 6.45) is 0.146. The number of carbonyl (C=O) groups excluding carboxylic acids is 1. The van der Waals surface area contributed by atoms with Crippen LogP contribution in [0.3, 0.4) is 0 Å². The molecule has 0 aliphatic heterocycles. The van der Waals surface area contributed by atoms with E-state index in [0.717, 1.165) is 20.8 Å². The van der Waals surface area contributed by atoms with Gasteiger partial charge in [0.2, 0.25) is 11.8 Å². The summed E-state index contributed by atoms with van der Waals surface area (Å²) < 4.78 is 12.7. The van der Waals surface area contributed by atoms with Gasteiger partial charge in [0.1, 0.15) is 11.5 Å². The van der Waals surface area contributed by atoms with Crippen molar-refractivity contribution in [2.24, 2.45) is 0 Å². The third-order valence-electron chi connectivity index (χ3n) is 4.87. The summed E-state index contributed by atoms with van der Waals surface area (Å²) in [5, 5.41) is 3.71.